The number of morpholine rings is 1. The Morgan fingerprint density at radius 2 is 1.82 bits per heavy atom. The summed E-state index contributed by atoms with van der Waals surface area (Å²) in [6, 6.07) is 13.5. The van der Waals surface area contributed by atoms with Crippen LogP contribution in [0.5, 0.6) is 11.5 Å². The van der Waals surface area contributed by atoms with Gasteiger partial charge in [-0.3, -0.25) is 14.6 Å². The molecule has 2 heterocycles. The number of hydrogen-bond acceptors (Lipinski definition) is 7. The van der Waals surface area contributed by atoms with Crippen LogP contribution in [0.1, 0.15) is 5.56 Å². The molecule has 1 aromatic heterocycles. The Bertz CT molecular complexity index is 1040. The number of carbonyl (C=O) groups is 1. The number of benzene rings is 2. The van der Waals surface area contributed by atoms with E-state index in [1.165, 1.54) is 11.3 Å². The third-order valence-corrected chi connectivity index (χ3v) is 6.45. The molecule has 1 aliphatic heterocycles. The Hall–Kier alpha value is -2.65. The number of anilines is 1. The van der Waals surface area contributed by atoms with Crippen molar-refractivity contribution in [2.75, 3.05) is 58.5 Å². The van der Waals surface area contributed by atoms with Crippen LogP contribution < -0.4 is 14.4 Å². The molecule has 9 heteroatoms. The quantitative estimate of drug-likeness (QED) is 0.444. The number of rotatable bonds is 8. The van der Waals surface area contributed by atoms with Crippen molar-refractivity contribution >= 4 is 51.1 Å². The van der Waals surface area contributed by atoms with Crippen LogP contribution >= 0.6 is 23.7 Å². The second kappa shape index (κ2) is 12.0. The summed E-state index contributed by atoms with van der Waals surface area (Å²) in [5.41, 5.74) is 1.67. The topological polar surface area (TPSA) is 64.1 Å². The fourth-order valence-corrected chi connectivity index (χ4v) is 4.68. The number of nitrogens with zero attached hydrogens (tertiary/aromatic N) is 3. The maximum atomic E-state index is 13.3. The molecule has 3 aromatic rings. The van der Waals surface area contributed by atoms with Gasteiger partial charge < -0.3 is 14.2 Å². The third-order valence-electron chi connectivity index (χ3n) is 5.36. The van der Waals surface area contributed by atoms with E-state index in [4.69, 9.17) is 19.2 Å². The van der Waals surface area contributed by atoms with Crippen molar-refractivity contribution in [1.29, 1.82) is 0 Å². The highest BCUT2D eigenvalue weighted by Gasteiger charge is 2.22. The van der Waals surface area contributed by atoms with Gasteiger partial charge in [0.05, 0.1) is 27.4 Å². The molecule has 176 valence electrons. The molecule has 2 aromatic carbocycles. The summed E-state index contributed by atoms with van der Waals surface area (Å²) in [6.45, 7) is 4.45. The highest BCUT2D eigenvalue weighted by molar-refractivity contribution is 7.22. The zero-order valence-corrected chi connectivity index (χ0v) is 20.4. The fraction of sp³-hybridized carbons (Fsp3) is 0.333. The first-order valence-corrected chi connectivity index (χ1v) is 11.4. The fourth-order valence-electron chi connectivity index (χ4n) is 3.58. The maximum absolute atomic E-state index is 13.3. The molecule has 0 radical (unpaired) electrons. The minimum atomic E-state index is -0.112. The van der Waals surface area contributed by atoms with Gasteiger partial charge in [0.25, 0.3) is 5.91 Å². The number of aromatic nitrogens is 1. The van der Waals surface area contributed by atoms with Crippen molar-refractivity contribution in [2.24, 2.45) is 0 Å². The van der Waals surface area contributed by atoms with Crippen LogP contribution in [-0.2, 0) is 9.53 Å². The average molecular weight is 490 g/mol. The minimum Gasteiger partial charge on any atom is -0.495 e. The van der Waals surface area contributed by atoms with Crippen LogP contribution in [0, 0.1) is 0 Å². The molecule has 33 heavy (non-hydrogen) atoms. The summed E-state index contributed by atoms with van der Waals surface area (Å²) in [5, 5.41) is 0.624. The predicted octanol–water partition coefficient (Wildman–Crippen LogP) is 4.11. The van der Waals surface area contributed by atoms with E-state index < -0.39 is 0 Å². The van der Waals surface area contributed by atoms with Gasteiger partial charge >= 0.3 is 0 Å². The summed E-state index contributed by atoms with van der Waals surface area (Å²) in [5.74, 6) is 1.26. The number of fused-ring (bicyclic) bond motifs is 1. The van der Waals surface area contributed by atoms with Crippen LogP contribution in [0.2, 0.25) is 0 Å². The van der Waals surface area contributed by atoms with E-state index in [2.05, 4.69) is 4.90 Å². The van der Waals surface area contributed by atoms with Gasteiger partial charge in [-0.2, -0.15) is 0 Å². The van der Waals surface area contributed by atoms with E-state index in [9.17, 15) is 4.79 Å². The van der Waals surface area contributed by atoms with E-state index in [0.717, 1.165) is 43.1 Å². The van der Waals surface area contributed by atoms with Crippen LogP contribution in [0.3, 0.4) is 0 Å². The number of amides is 1. The van der Waals surface area contributed by atoms with E-state index in [0.29, 0.717) is 28.7 Å². The SMILES string of the molecule is COc1ccc(OC)c2sc(N(CCN3CCOCC3)C(=O)C=Cc3ccccc3)nc12.Cl. The van der Waals surface area contributed by atoms with Gasteiger partial charge in [0.1, 0.15) is 21.7 Å². The maximum Gasteiger partial charge on any atom is 0.252 e. The second-order valence-electron chi connectivity index (χ2n) is 7.33. The normalized spacial score (nSPS) is 14.2. The lowest BCUT2D eigenvalue weighted by molar-refractivity contribution is -0.114. The zero-order chi connectivity index (χ0) is 22.3. The molecule has 0 N–H and O–H groups in total. The first-order chi connectivity index (χ1) is 15.7. The predicted molar refractivity (Wildman–Crippen MR) is 135 cm³/mol. The van der Waals surface area contributed by atoms with Gasteiger partial charge in [0, 0.05) is 32.3 Å². The summed E-state index contributed by atoms with van der Waals surface area (Å²) in [4.78, 5) is 22.1. The van der Waals surface area contributed by atoms with Gasteiger partial charge in [0.2, 0.25) is 0 Å². The van der Waals surface area contributed by atoms with Crippen molar-refractivity contribution in [2.45, 2.75) is 0 Å². The summed E-state index contributed by atoms with van der Waals surface area (Å²) in [7, 11) is 3.24. The number of hydrogen-bond donors (Lipinski definition) is 0. The van der Waals surface area contributed by atoms with E-state index >= 15 is 0 Å². The molecular formula is C24H28ClN3O4S. The number of carbonyl (C=O) groups excluding carboxylic acids is 1. The molecule has 4 rings (SSSR count). The number of methoxy groups -OCH3 is 2. The first-order valence-electron chi connectivity index (χ1n) is 10.6. The van der Waals surface area contributed by atoms with Gasteiger partial charge in [-0.05, 0) is 23.8 Å². The van der Waals surface area contributed by atoms with Crippen molar-refractivity contribution in [3.8, 4) is 11.5 Å². The lowest BCUT2D eigenvalue weighted by Gasteiger charge is -2.28. The molecule has 1 saturated heterocycles. The first kappa shape index (κ1) is 25.0. The van der Waals surface area contributed by atoms with Crippen molar-refractivity contribution < 1.29 is 19.0 Å². The minimum absolute atomic E-state index is 0. The molecule has 7 nitrogen and oxygen atoms in total. The average Bonchev–Trinajstić information content (AvgIpc) is 3.28. The van der Waals surface area contributed by atoms with Crippen molar-refractivity contribution in [1.82, 2.24) is 9.88 Å². The van der Waals surface area contributed by atoms with Crippen LogP contribution in [0.15, 0.2) is 48.5 Å². The number of ether oxygens (including phenoxy) is 3. The molecule has 0 saturated carbocycles. The van der Waals surface area contributed by atoms with Gasteiger partial charge in [-0.15, -0.1) is 12.4 Å². The molecule has 1 aliphatic rings. The number of thiazole rings is 1. The summed E-state index contributed by atoms with van der Waals surface area (Å²) >= 11 is 1.43. The molecule has 0 spiro atoms. The zero-order valence-electron chi connectivity index (χ0n) is 18.7. The second-order valence-corrected chi connectivity index (χ2v) is 8.31. The van der Waals surface area contributed by atoms with E-state index in [-0.39, 0.29) is 18.3 Å². The summed E-state index contributed by atoms with van der Waals surface area (Å²) < 4.78 is 17.3. The standard InChI is InChI=1S/C24H27N3O4S.ClH/c1-29-19-9-10-20(30-2)23-22(19)25-24(32-23)27(13-12-26-14-16-31-17-15-26)21(28)11-8-18-6-4-3-5-7-18;/h3-11H,12-17H2,1-2H3;1H. The van der Waals surface area contributed by atoms with Crippen LogP contribution in [-0.4, -0.2) is 69.4 Å². The Labute approximate surface area is 204 Å². The Morgan fingerprint density at radius 1 is 1.12 bits per heavy atom. The largest absolute Gasteiger partial charge is 0.495 e. The molecule has 0 unspecified atom stereocenters. The highest BCUT2D eigenvalue weighted by atomic mass is 35.5. The van der Waals surface area contributed by atoms with Crippen molar-refractivity contribution in [3.63, 3.8) is 0 Å². The Kier molecular flexibility index (Phi) is 9.08. The molecule has 1 amide bonds. The molecule has 0 atom stereocenters. The molecule has 0 aliphatic carbocycles. The smallest absolute Gasteiger partial charge is 0.252 e. The Morgan fingerprint density at radius 3 is 2.52 bits per heavy atom. The van der Waals surface area contributed by atoms with Gasteiger partial charge in [-0.1, -0.05) is 41.7 Å². The van der Waals surface area contributed by atoms with Crippen LogP contribution in [0.25, 0.3) is 16.3 Å². The van der Waals surface area contributed by atoms with E-state index in [1.807, 2.05) is 48.5 Å². The summed E-state index contributed by atoms with van der Waals surface area (Å²) in [6.07, 6.45) is 3.44. The van der Waals surface area contributed by atoms with Crippen molar-refractivity contribution in [3.05, 3.63) is 54.1 Å². The molecular weight excluding hydrogens is 462 g/mol. The lowest BCUT2D eigenvalue weighted by atomic mass is 10.2. The van der Waals surface area contributed by atoms with Gasteiger partial charge in [-0.25, -0.2) is 4.98 Å². The van der Waals surface area contributed by atoms with E-state index in [1.54, 1.807) is 25.2 Å². The third kappa shape index (κ3) is 6.03. The number of halogens is 1. The highest BCUT2D eigenvalue weighted by Crippen LogP contribution is 2.40. The van der Waals surface area contributed by atoms with Gasteiger partial charge in [0.15, 0.2) is 5.13 Å². The van der Waals surface area contributed by atoms with Crippen LogP contribution in [0.4, 0.5) is 5.13 Å². The molecule has 0 bridgehead atoms. The monoisotopic (exact) mass is 489 g/mol. The molecule has 1 fully saturated rings. The Balaban J connectivity index is 0.00000306. The lowest BCUT2D eigenvalue weighted by Crippen LogP contribution is -2.42.